The molecule has 16 heavy (non-hydrogen) atoms. The SMILES string of the molecule is CC(C)[C@H](NC(=O)[C@H](C)N)C(=O)NC[C]=O. The molecule has 0 aliphatic carbocycles. The van der Waals surface area contributed by atoms with Crippen molar-refractivity contribution in [1.82, 2.24) is 10.6 Å². The summed E-state index contributed by atoms with van der Waals surface area (Å²) >= 11 is 0. The normalized spacial score (nSPS) is 14.1. The van der Waals surface area contributed by atoms with Crippen molar-refractivity contribution in [3.8, 4) is 0 Å². The molecule has 6 heteroatoms. The van der Waals surface area contributed by atoms with Gasteiger partial charge in [0.1, 0.15) is 6.04 Å². The van der Waals surface area contributed by atoms with Crippen LogP contribution < -0.4 is 16.4 Å². The molecule has 91 valence electrons. The van der Waals surface area contributed by atoms with Crippen LogP contribution in [0.3, 0.4) is 0 Å². The quantitative estimate of drug-likeness (QED) is 0.526. The van der Waals surface area contributed by atoms with Gasteiger partial charge < -0.3 is 16.4 Å². The Morgan fingerprint density at radius 2 is 1.81 bits per heavy atom. The summed E-state index contributed by atoms with van der Waals surface area (Å²) in [6.45, 7) is 4.92. The zero-order valence-corrected chi connectivity index (χ0v) is 9.74. The standard InChI is InChI=1S/C10H18N3O3/c1-6(2)8(10(16)12-4-5-14)13-9(15)7(3)11/h6-8H,4,11H2,1-3H3,(H,12,16)(H,13,15)/t7-,8-/m0/s1. The summed E-state index contributed by atoms with van der Waals surface area (Å²) in [6.07, 6.45) is 1.55. The van der Waals surface area contributed by atoms with Gasteiger partial charge >= 0.3 is 0 Å². The Labute approximate surface area is 94.9 Å². The minimum atomic E-state index is -0.688. The van der Waals surface area contributed by atoms with Crippen molar-refractivity contribution in [3.05, 3.63) is 0 Å². The molecule has 0 aromatic rings. The maximum Gasteiger partial charge on any atom is 0.243 e. The zero-order valence-electron chi connectivity index (χ0n) is 9.74. The van der Waals surface area contributed by atoms with Crippen molar-refractivity contribution in [2.75, 3.05) is 6.54 Å². The Morgan fingerprint density at radius 3 is 2.19 bits per heavy atom. The topological polar surface area (TPSA) is 101 Å². The van der Waals surface area contributed by atoms with Crippen LogP contribution >= 0.6 is 0 Å². The van der Waals surface area contributed by atoms with Crippen molar-refractivity contribution < 1.29 is 14.4 Å². The first kappa shape index (κ1) is 14.6. The molecule has 6 nitrogen and oxygen atoms in total. The molecular formula is C10H18N3O3. The van der Waals surface area contributed by atoms with Crippen LogP contribution in [-0.2, 0) is 14.4 Å². The Morgan fingerprint density at radius 1 is 1.25 bits per heavy atom. The van der Waals surface area contributed by atoms with E-state index in [2.05, 4.69) is 10.6 Å². The Bertz CT molecular complexity index is 264. The molecule has 0 aliphatic heterocycles. The summed E-state index contributed by atoms with van der Waals surface area (Å²) in [4.78, 5) is 32.9. The molecule has 2 atom stereocenters. The van der Waals surface area contributed by atoms with Gasteiger partial charge in [0.05, 0.1) is 12.6 Å². The first-order valence-corrected chi connectivity index (χ1v) is 5.08. The second-order valence-electron chi connectivity index (χ2n) is 3.88. The number of rotatable bonds is 6. The third-order valence-corrected chi connectivity index (χ3v) is 2.00. The van der Waals surface area contributed by atoms with Gasteiger partial charge in [0, 0.05) is 0 Å². The average molecular weight is 228 g/mol. The van der Waals surface area contributed by atoms with E-state index in [-0.39, 0.29) is 12.5 Å². The van der Waals surface area contributed by atoms with E-state index in [4.69, 9.17) is 5.73 Å². The second kappa shape index (κ2) is 6.95. The highest BCUT2D eigenvalue weighted by atomic mass is 16.2. The average Bonchev–Trinajstić information content (AvgIpc) is 2.21. The lowest BCUT2D eigenvalue weighted by Gasteiger charge is -2.22. The van der Waals surface area contributed by atoms with Gasteiger partial charge in [0.15, 0.2) is 0 Å². The molecule has 4 N–H and O–H groups in total. The zero-order chi connectivity index (χ0) is 12.7. The number of nitrogens with one attached hydrogen (secondary N) is 2. The van der Waals surface area contributed by atoms with Crippen molar-refractivity contribution >= 4 is 18.1 Å². The van der Waals surface area contributed by atoms with Crippen LogP contribution in [0.5, 0.6) is 0 Å². The third-order valence-electron chi connectivity index (χ3n) is 2.00. The molecule has 0 aromatic heterocycles. The van der Waals surface area contributed by atoms with Crippen LogP contribution in [0.1, 0.15) is 20.8 Å². The molecule has 0 spiro atoms. The molecule has 0 unspecified atom stereocenters. The lowest BCUT2D eigenvalue weighted by atomic mass is 10.0. The minimum Gasteiger partial charge on any atom is -0.347 e. The summed E-state index contributed by atoms with van der Waals surface area (Å²) in [5, 5.41) is 4.86. The number of hydrogen-bond donors (Lipinski definition) is 3. The van der Waals surface area contributed by atoms with Crippen LogP contribution in [0.2, 0.25) is 0 Å². The lowest BCUT2D eigenvalue weighted by Crippen LogP contribution is -2.53. The lowest BCUT2D eigenvalue weighted by molar-refractivity contribution is -0.130. The predicted molar refractivity (Wildman–Crippen MR) is 59.1 cm³/mol. The molecule has 1 radical (unpaired) electrons. The van der Waals surface area contributed by atoms with Crippen LogP contribution in [-0.4, -0.2) is 36.7 Å². The van der Waals surface area contributed by atoms with Crippen molar-refractivity contribution in [1.29, 1.82) is 0 Å². The van der Waals surface area contributed by atoms with Gasteiger partial charge in [-0.25, -0.2) is 0 Å². The summed E-state index contributed by atoms with van der Waals surface area (Å²) < 4.78 is 0. The monoisotopic (exact) mass is 228 g/mol. The highest BCUT2D eigenvalue weighted by Gasteiger charge is 2.24. The second-order valence-corrected chi connectivity index (χ2v) is 3.88. The number of nitrogens with two attached hydrogens (primary N) is 1. The van der Waals surface area contributed by atoms with Gasteiger partial charge in [-0.1, -0.05) is 13.8 Å². The fourth-order valence-electron chi connectivity index (χ4n) is 1.05. The van der Waals surface area contributed by atoms with Crippen molar-refractivity contribution in [2.24, 2.45) is 11.7 Å². The van der Waals surface area contributed by atoms with Crippen LogP contribution in [0.25, 0.3) is 0 Å². The van der Waals surface area contributed by atoms with Gasteiger partial charge in [-0.3, -0.25) is 14.4 Å². The summed E-state index contributed by atoms with van der Waals surface area (Å²) in [7, 11) is 0. The summed E-state index contributed by atoms with van der Waals surface area (Å²) in [6, 6.07) is -1.36. The van der Waals surface area contributed by atoms with Crippen molar-refractivity contribution in [3.63, 3.8) is 0 Å². The van der Waals surface area contributed by atoms with E-state index in [1.807, 2.05) is 0 Å². The van der Waals surface area contributed by atoms with E-state index in [1.54, 1.807) is 20.1 Å². The van der Waals surface area contributed by atoms with Crippen molar-refractivity contribution in [2.45, 2.75) is 32.9 Å². The third kappa shape index (κ3) is 4.88. The van der Waals surface area contributed by atoms with E-state index < -0.39 is 23.9 Å². The molecule has 2 amide bonds. The number of hydrogen-bond acceptors (Lipinski definition) is 4. The maximum atomic E-state index is 11.6. The molecule has 0 aromatic carbocycles. The minimum absolute atomic E-state index is 0.0886. The fraction of sp³-hybridized carbons (Fsp3) is 0.700. The number of carbonyl (C=O) groups is 2. The fourth-order valence-corrected chi connectivity index (χ4v) is 1.05. The van der Waals surface area contributed by atoms with Gasteiger partial charge in [0.2, 0.25) is 18.1 Å². The van der Waals surface area contributed by atoms with Gasteiger partial charge in [-0.2, -0.15) is 0 Å². The molecule has 0 saturated heterocycles. The predicted octanol–water partition coefficient (Wildman–Crippen LogP) is -1.30. The highest BCUT2D eigenvalue weighted by molar-refractivity contribution is 5.90. The van der Waals surface area contributed by atoms with Crippen LogP contribution in [0, 0.1) is 5.92 Å². The Kier molecular flexibility index (Phi) is 6.32. The van der Waals surface area contributed by atoms with Gasteiger partial charge in [-0.15, -0.1) is 0 Å². The summed E-state index contributed by atoms with van der Waals surface area (Å²) in [5.74, 6) is -0.898. The van der Waals surface area contributed by atoms with E-state index in [1.165, 1.54) is 6.92 Å². The highest BCUT2D eigenvalue weighted by Crippen LogP contribution is 2.01. The molecular weight excluding hydrogens is 210 g/mol. The molecule has 0 heterocycles. The summed E-state index contributed by atoms with van der Waals surface area (Å²) in [5.41, 5.74) is 5.38. The van der Waals surface area contributed by atoms with Gasteiger partial charge in [0.25, 0.3) is 0 Å². The Hall–Kier alpha value is -1.43. The van der Waals surface area contributed by atoms with E-state index >= 15 is 0 Å². The molecule has 0 bridgehead atoms. The van der Waals surface area contributed by atoms with E-state index in [0.29, 0.717) is 0 Å². The van der Waals surface area contributed by atoms with Gasteiger partial charge in [-0.05, 0) is 12.8 Å². The largest absolute Gasteiger partial charge is 0.347 e. The van der Waals surface area contributed by atoms with Crippen LogP contribution in [0.4, 0.5) is 0 Å². The number of carbonyl (C=O) groups excluding carboxylic acids is 3. The first-order chi connectivity index (χ1) is 7.40. The Balaban J connectivity index is 4.43. The first-order valence-electron chi connectivity index (χ1n) is 5.08. The molecule has 0 rings (SSSR count). The molecule has 0 aliphatic rings. The molecule has 0 saturated carbocycles. The maximum absolute atomic E-state index is 11.6. The van der Waals surface area contributed by atoms with E-state index in [0.717, 1.165) is 0 Å². The van der Waals surface area contributed by atoms with E-state index in [9.17, 15) is 14.4 Å². The molecule has 0 fully saturated rings. The number of amides is 2. The smallest absolute Gasteiger partial charge is 0.243 e. The van der Waals surface area contributed by atoms with Crippen LogP contribution in [0.15, 0.2) is 0 Å².